The van der Waals surface area contributed by atoms with E-state index in [2.05, 4.69) is 35.2 Å². The predicted molar refractivity (Wildman–Crippen MR) is 41.1 cm³/mol. The van der Waals surface area contributed by atoms with Gasteiger partial charge in [0, 0.05) is 6.54 Å². The van der Waals surface area contributed by atoms with Gasteiger partial charge in [0.15, 0.2) is 0 Å². The Morgan fingerprint density at radius 2 is 2.40 bits per heavy atom. The van der Waals surface area contributed by atoms with Gasteiger partial charge >= 0.3 is 0 Å². The highest BCUT2D eigenvalue weighted by Gasteiger charge is 2.08. The Morgan fingerprint density at radius 1 is 1.40 bits per heavy atom. The molecule has 0 aromatic rings. The summed E-state index contributed by atoms with van der Waals surface area (Å²) in [5, 5.41) is 0. The molecule has 2 N–H and O–H groups in total. The second-order valence-electron chi connectivity index (χ2n) is 2.45. The van der Waals surface area contributed by atoms with Gasteiger partial charge in [-0.3, -0.25) is 0 Å². The minimum Gasteiger partial charge on any atom is -0.321 e. The third-order valence-corrected chi connectivity index (χ3v) is 1.76. The molecule has 0 aromatic carbocycles. The van der Waals surface area contributed by atoms with E-state index in [9.17, 15) is 0 Å². The van der Waals surface area contributed by atoms with Crippen LogP contribution in [-0.4, -0.2) is 6.54 Å². The first-order chi connectivity index (χ1) is 4.97. The zero-order chi connectivity index (χ0) is 6.81. The van der Waals surface area contributed by atoms with Gasteiger partial charge in [0.05, 0.1) is 5.70 Å². The van der Waals surface area contributed by atoms with Crippen LogP contribution in [-0.2, 0) is 0 Å². The summed E-state index contributed by atoms with van der Waals surface area (Å²) in [5.41, 5.74) is 8.79. The molecule has 2 nitrogen and oxygen atoms in total. The molecule has 0 saturated carbocycles. The molecule has 2 rings (SSSR count). The standard InChI is InChI=1S/C8H10N2/c1-2-4-8-7(3-1)5-6-9-10-8/h1-2,4-5,9-10H,3,6H2. The van der Waals surface area contributed by atoms with Crippen molar-refractivity contribution in [3.63, 3.8) is 0 Å². The van der Waals surface area contributed by atoms with Crippen molar-refractivity contribution in [1.82, 2.24) is 10.9 Å². The Labute approximate surface area is 60.3 Å². The lowest BCUT2D eigenvalue weighted by atomic mass is 10.0. The van der Waals surface area contributed by atoms with Crippen LogP contribution in [0.25, 0.3) is 0 Å². The first-order valence-corrected chi connectivity index (χ1v) is 3.52. The van der Waals surface area contributed by atoms with E-state index < -0.39 is 0 Å². The topological polar surface area (TPSA) is 24.1 Å². The van der Waals surface area contributed by atoms with E-state index in [0.717, 1.165) is 13.0 Å². The van der Waals surface area contributed by atoms with Crippen LogP contribution in [0.2, 0.25) is 0 Å². The summed E-state index contributed by atoms with van der Waals surface area (Å²) in [4.78, 5) is 0. The molecule has 0 atom stereocenters. The van der Waals surface area contributed by atoms with Crippen LogP contribution in [0.5, 0.6) is 0 Å². The van der Waals surface area contributed by atoms with Crippen molar-refractivity contribution in [2.24, 2.45) is 0 Å². The zero-order valence-electron chi connectivity index (χ0n) is 5.72. The summed E-state index contributed by atoms with van der Waals surface area (Å²) < 4.78 is 0. The first kappa shape index (κ1) is 5.74. The molecular formula is C8H10N2. The predicted octanol–water partition coefficient (Wildman–Crippen LogP) is 0.864. The Kier molecular flexibility index (Phi) is 1.32. The largest absolute Gasteiger partial charge is 0.321 e. The van der Waals surface area contributed by atoms with Crippen molar-refractivity contribution in [2.75, 3.05) is 6.54 Å². The fourth-order valence-electron chi connectivity index (χ4n) is 1.21. The van der Waals surface area contributed by atoms with Crippen LogP contribution in [0, 0.1) is 0 Å². The van der Waals surface area contributed by atoms with Gasteiger partial charge < -0.3 is 5.43 Å². The number of nitrogens with one attached hydrogen (secondary N) is 2. The van der Waals surface area contributed by atoms with Crippen LogP contribution in [0.15, 0.2) is 35.6 Å². The highest BCUT2D eigenvalue weighted by atomic mass is 15.4. The van der Waals surface area contributed by atoms with E-state index in [1.54, 1.807) is 0 Å². The third kappa shape index (κ3) is 0.866. The van der Waals surface area contributed by atoms with Crippen LogP contribution in [0.3, 0.4) is 0 Å². The molecule has 0 fully saturated rings. The molecule has 10 heavy (non-hydrogen) atoms. The molecule has 0 bridgehead atoms. The van der Waals surface area contributed by atoms with Crippen molar-refractivity contribution in [1.29, 1.82) is 0 Å². The third-order valence-electron chi connectivity index (χ3n) is 1.76. The summed E-state index contributed by atoms with van der Waals surface area (Å²) in [6.45, 7) is 0.931. The number of allylic oxidation sites excluding steroid dienone is 4. The highest BCUT2D eigenvalue weighted by Crippen LogP contribution is 2.17. The Bertz CT molecular complexity index is 223. The second kappa shape index (κ2) is 2.31. The van der Waals surface area contributed by atoms with Gasteiger partial charge in [0.1, 0.15) is 0 Å². The minimum absolute atomic E-state index is 0.931. The smallest absolute Gasteiger partial charge is 0.0520 e. The summed E-state index contributed by atoms with van der Waals surface area (Å²) in [6.07, 6.45) is 9.61. The lowest BCUT2D eigenvalue weighted by Crippen LogP contribution is -2.35. The van der Waals surface area contributed by atoms with Gasteiger partial charge in [-0.1, -0.05) is 18.2 Å². The SMILES string of the molecule is C1=CCC2=CCNNC2=C1. The monoisotopic (exact) mass is 134 g/mol. The Hall–Kier alpha value is -1.02. The molecule has 0 aromatic heterocycles. The fraction of sp³-hybridized carbons (Fsp3) is 0.250. The Morgan fingerprint density at radius 3 is 3.30 bits per heavy atom. The maximum absolute atomic E-state index is 3.11. The number of fused-ring (bicyclic) bond motifs is 1. The summed E-state index contributed by atoms with van der Waals surface area (Å²) >= 11 is 0. The van der Waals surface area contributed by atoms with Gasteiger partial charge in [0.2, 0.25) is 0 Å². The van der Waals surface area contributed by atoms with Gasteiger partial charge in [-0.05, 0) is 18.1 Å². The molecule has 0 radical (unpaired) electrons. The number of hydrogen-bond donors (Lipinski definition) is 2. The van der Waals surface area contributed by atoms with Crippen LogP contribution < -0.4 is 10.9 Å². The van der Waals surface area contributed by atoms with Gasteiger partial charge in [-0.2, -0.15) is 0 Å². The van der Waals surface area contributed by atoms with Crippen LogP contribution in [0.4, 0.5) is 0 Å². The molecular weight excluding hydrogens is 124 g/mol. The highest BCUT2D eigenvalue weighted by molar-refractivity contribution is 5.39. The summed E-state index contributed by atoms with van der Waals surface area (Å²) in [7, 11) is 0. The quantitative estimate of drug-likeness (QED) is 0.513. The van der Waals surface area contributed by atoms with Gasteiger partial charge in [0.25, 0.3) is 0 Å². The van der Waals surface area contributed by atoms with E-state index in [0.29, 0.717) is 0 Å². The number of rotatable bonds is 0. The fourth-order valence-corrected chi connectivity index (χ4v) is 1.21. The Balaban J connectivity index is 2.32. The molecule has 52 valence electrons. The van der Waals surface area contributed by atoms with Crippen LogP contribution >= 0.6 is 0 Å². The first-order valence-electron chi connectivity index (χ1n) is 3.52. The van der Waals surface area contributed by atoms with Crippen LogP contribution in [0.1, 0.15) is 6.42 Å². The molecule has 1 heterocycles. The van der Waals surface area contributed by atoms with Crippen molar-refractivity contribution in [3.05, 3.63) is 35.6 Å². The maximum Gasteiger partial charge on any atom is 0.0520 e. The minimum atomic E-state index is 0.931. The van der Waals surface area contributed by atoms with Crippen molar-refractivity contribution in [3.8, 4) is 0 Å². The van der Waals surface area contributed by atoms with E-state index in [4.69, 9.17) is 0 Å². The van der Waals surface area contributed by atoms with E-state index in [-0.39, 0.29) is 0 Å². The molecule has 0 spiro atoms. The molecule has 1 aliphatic heterocycles. The summed E-state index contributed by atoms with van der Waals surface area (Å²) in [5.74, 6) is 0. The second-order valence-corrected chi connectivity index (χ2v) is 2.45. The van der Waals surface area contributed by atoms with Crippen molar-refractivity contribution in [2.45, 2.75) is 6.42 Å². The van der Waals surface area contributed by atoms with Crippen molar-refractivity contribution >= 4 is 0 Å². The average molecular weight is 134 g/mol. The molecule has 2 heteroatoms. The summed E-state index contributed by atoms with van der Waals surface area (Å²) in [6, 6.07) is 0. The van der Waals surface area contributed by atoms with E-state index in [1.165, 1.54) is 11.3 Å². The molecule has 0 amide bonds. The molecule has 1 aliphatic carbocycles. The molecule has 0 saturated heterocycles. The van der Waals surface area contributed by atoms with E-state index in [1.807, 2.05) is 0 Å². The zero-order valence-corrected chi connectivity index (χ0v) is 5.72. The maximum atomic E-state index is 3.11. The van der Waals surface area contributed by atoms with E-state index >= 15 is 0 Å². The number of hydrazine groups is 1. The average Bonchev–Trinajstić information content (AvgIpc) is 2.05. The lowest BCUT2D eigenvalue weighted by Gasteiger charge is -2.20. The van der Waals surface area contributed by atoms with Crippen molar-refractivity contribution < 1.29 is 0 Å². The van der Waals surface area contributed by atoms with Gasteiger partial charge in [-0.25, -0.2) is 5.43 Å². The molecule has 0 unspecified atom stereocenters. The normalized spacial score (nSPS) is 22.4. The van der Waals surface area contributed by atoms with Gasteiger partial charge in [-0.15, -0.1) is 0 Å². The molecule has 2 aliphatic rings. The number of hydrogen-bond acceptors (Lipinski definition) is 2. The lowest BCUT2D eigenvalue weighted by molar-refractivity contribution is 0.625.